The Hall–Kier alpha value is -0.430. The summed E-state index contributed by atoms with van der Waals surface area (Å²) in [4.78, 5) is 0. The molecule has 0 bridgehead atoms. The Morgan fingerprint density at radius 1 is 0.947 bits per heavy atom. The average Bonchev–Trinajstić information content (AvgIpc) is 2.81. The van der Waals surface area contributed by atoms with Crippen LogP contribution in [0.15, 0.2) is 48.5 Å². The maximum Gasteiger partial charge on any atom is 0.320 e. The fourth-order valence-corrected chi connectivity index (χ4v) is 4.45. The molecule has 0 unspecified atom stereocenters. The second-order valence-corrected chi connectivity index (χ2v) is 6.71. The quantitative estimate of drug-likeness (QED) is 0.414. The second-order valence-electron chi connectivity index (χ2n) is 3.96. The first-order valence-corrected chi connectivity index (χ1v) is 7.56. The Balaban J connectivity index is 0.00000133. The van der Waals surface area contributed by atoms with Crippen molar-refractivity contribution in [2.45, 2.75) is 0 Å². The molecule has 3 aromatic rings. The van der Waals surface area contributed by atoms with Crippen LogP contribution in [0, 0.1) is 0 Å². The largest absolute Gasteiger partial charge is 1.00 e. The number of hydrogen-bond donors (Lipinski definition) is 0. The molecule has 0 aliphatic carbocycles. The number of halogens is 2. The third-order valence-electron chi connectivity index (χ3n) is 2.72. The summed E-state index contributed by atoms with van der Waals surface area (Å²) in [6.45, 7) is 0. The first kappa shape index (κ1) is 15.0. The van der Waals surface area contributed by atoms with Crippen LogP contribution in [0.3, 0.4) is 0 Å². The Labute approximate surface area is 141 Å². The minimum absolute atomic E-state index is 0. The molecule has 2 aromatic carbocycles. The summed E-state index contributed by atoms with van der Waals surface area (Å²) in [7, 11) is 2.10. The lowest BCUT2D eigenvalue weighted by Crippen LogP contribution is -3.00. The van der Waals surface area contributed by atoms with Gasteiger partial charge in [-0.25, -0.2) is 0 Å². The van der Waals surface area contributed by atoms with Gasteiger partial charge in [0.1, 0.15) is 7.05 Å². The van der Waals surface area contributed by atoms with E-state index in [9.17, 15) is 0 Å². The molecule has 5 heteroatoms. The van der Waals surface area contributed by atoms with E-state index in [4.69, 9.17) is 11.6 Å². The third-order valence-corrected chi connectivity index (χ3v) is 5.61. The van der Waals surface area contributed by atoms with Gasteiger partial charge in [0.25, 0.3) is 0 Å². The smallest absolute Gasteiger partial charge is 0.320 e. The van der Waals surface area contributed by atoms with E-state index in [1.165, 1.54) is 19.1 Å². The van der Waals surface area contributed by atoms with Crippen LogP contribution in [0.25, 0.3) is 9.40 Å². The van der Waals surface area contributed by atoms with Crippen molar-refractivity contribution in [3.05, 3.63) is 57.5 Å². The summed E-state index contributed by atoms with van der Waals surface area (Å²) in [5, 5.41) is 0.797. The molecule has 19 heavy (non-hydrogen) atoms. The van der Waals surface area contributed by atoms with Crippen molar-refractivity contribution in [1.29, 1.82) is 0 Å². The van der Waals surface area contributed by atoms with Crippen LogP contribution >= 0.6 is 34.3 Å². The zero-order chi connectivity index (χ0) is 12.5. The molecule has 0 radical (unpaired) electrons. The maximum absolute atomic E-state index is 6.02. The van der Waals surface area contributed by atoms with Gasteiger partial charge in [0.15, 0.2) is 0 Å². The minimum atomic E-state index is 0. The number of hydrogen-bond acceptors (Lipinski definition) is 2. The summed E-state index contributed by atoms with van der Waals surface area (Å²) < 4.78 is 5.99. The topological polar surface area (TPSA) is 3.01 Å². The van der Waals surface area contributed by atoms with Gasteiger partial charge >= 0.3 is 3.98 Å². The Morgan fingerprint density at radius 3 is 2.37 bits per heavy atom. The molecule has 0 amide bonds. The number of rotatable bonds is 1. The molecule has 0 atom stereocenters. The molecule has 0 spiro atoms. The summed E-state index contributed by atoms with van der Waals surface area (Å²) in [6.07, 6.45) is 0. The Kier molecular flexibility index (Phi) is 5.00. The Bertz CT molecular complexity index is 762. The van der Waals surface area contributed by atoms with E-state index in [-0.39, 0.29) is 24.0 Å². The highest BCUT2D eigenvalue weighted by molar-refractivity contribution is 7.35. The van der Waals surface area contributed by atoms with Gasteiger partial charge in [-0.15, -0.1) is 0 Å². The van der Waals surface area contributed by atoms with Gasteiger partial charge in [0.2, 0.25) is 5.69 Å². The Morgan fingerprint density at radius 2 is 1.63 bits per heavy atom. The lowest BCUT2D eigenvalue weighted by atomic mass is 10.3. The van der Waals surface area contributed by atoms with Crippen LogP contribution in [-0.4, -0.2) is 7.05 Å². The molecule has 0 fully saturated rings. The molecule has 0 N–H and O–H groups in total. The molecule has 98 valence electrons. The van der Waals surface area contributed by atoms with Gasteiger partial charge in [-0.2, -0.15) is 4.58 Å². The highest BCUT2D eigenvalue weighted by atomic mass is 127. The van der Waals surface area contributed by atoms with Crippen molar-refractivity contribution in [3.63, 3.8) is 0 Å². The lowest BCUT2D eigenvalue weighted by molar-refractivity contribution is -0.00000329. The summed E-state index contributed by atoms with van der Waals surface area (Å²) in [6, 6.07) is 16.4. The highest BCUT2D eigenvalue weighted by Gasteiger charge is 2.08. The molecule has 0 saturated heterocycles. The van der Waals surface area contributed by atoms with Crippen molar-refractivity contribution in [3.8, 4) is 0 Å². The van der Waals surface area contributed by atoms with Gasteiger partial charge in [0, 0.05) is 17.2 Å². The lowest BCUT2D eigenvalue weighted by Gasteiger charge is -1.91. The molecule has 3 rings (SSSR count). The monoisotopic (exact) mass is 419 g/mol. The van der Waals surface area contributed by atoms with Crippen molar-refractivity contribution in [1.82, 2.24) is 4.58 Å². The van der Waals surface area contributed by atoms with Gasteiger partial charge < -0.3 is 24.0 Å². The van der Waals surface area contributed by atoms with E-state index in [0.29, 0.717) is 0 Å². The predicted octanol–water partition coefficient (Wildman–Crippen LogP) is 1.35. The number of benzene rings is 2. The first-order valence-electron chi connectivity index (χ1n) is 5.55. The first-order chi connectivity index (χ1) is 8.74. The fraction of sp³-hybridized carbons (Fsp3) is 0.0714. The van der Waals surface area contributed by atoms with Crippen molar-refractivity contribution in [2.24, 2.45) is 0 Å². The average molecular weight is 420 g/mol. The number of nitrogens with zero attached hydrogens (tertiary/aromatic N) is 1. The molecule has 1 nitrogen and oxygen atoms in total. The van der Waals surface area contributed by atoms with Crippen LogP contribution in [-0.2, 0) is 0 Å². The van der Waals surface area contributed by atoms with Gasteiger partial charge in [-0.3, -0.25) is 0 Å². The number of fused-ring (bicyclic) bond motifs is 1. The molecule has 1 heterocycles. The minimum Gasteiger partial charge on any atom is -1.00 e. The van der Waals surface area contributed by atoms with Crippen LogP contribution in [0.2, 0.25) is 5.02 Å². The molecule has 0 aliphatic rings. The van der Waals surface area contributed by atoms with Crippen molar-refractivity contribution in [2.75, 3.05) is 7.05 Å². The molecule has 0 aliphatic heterocycles. The summed E-state index contributed by atoms with van der Waals surface area (Å²) in [5.74, 6) is 0. The fourth-order valence-electron chi connectivity index (χ4n) is 1.75. The highest BCUT2D eigenvalue weighted by Crippen LogP contribution is 2.24. The van der Waals surface area contributed by atoms with Gasteiger partial charge in [0.05, 0.1) is 9.40 Å². The van der Waals surface area contributed by atoms with Gasteiger partial charge in [-0.1, -0.05) is 52.5 Å². The van der Waals surface area contributed by atoms with E-state index in [1.54, 1.807) is 22.7 Å². The van der Waals surface area contributed by atoms with E-state index in [0.717, 1.165) is 5.02 Å². The normalized spacial score (nSPS) is 12.1. The van der Waals surface area contributed by atoms with E-state index < -0.39 is 0 Å². The summed E-state index contributed by atoms with van der Waals surface area (Å²) >= 11 is 9.59. The van der Waals surface area contributed by atoms with Crippen LogP contribution in [0.5, 0.6) is 0 Å². The second kappa shape index (κ2) is 6.35. The molecule has 1 aromatic heterocycles. The maximum atomic E-state index is 6.02. The van der Waals surface area contributed by atoms with E-state index in [1.807, 2.05) is 18.2 Å². The van der Waals surface area contributed by atoms with Crippen LogP contribution in [0.4, 0.5) is 5.69 Å². The third kappa shape index (κ3) is 3.18. The summed E-state index contributed by atoms with van der Waals surface area (Å²) in [5.41, 5.74) is 1.20. The number of para-hydroxylation sites is 1. The van der Waals surface area contributed by atoms with E-state index >= 15 is 0 Å². The zero-order valence-corrected chi connectivity index (χ0v) is 14.7. The molecule has 0 saturated carbocycles. The van der Waals surface area contributed by atoms with Crippen molar-refractivity contribution < 1.29 is 24.0 Å². The molecular formula is C14H11ClINS2. The van der Waals surface area contributed by atoms with Crippen molar-refractivity contribution >= 4 is 49.4 Å². The predicted molar refractivity (Wildman–Crippen MR) is 82.0 cm³/mol. The zero-order valence-electron chi connectivity index (χ0n) is 10.1. The standard InChI is InChI=1S/C14H11ClNS2.HI/c1-16(11-5-3-2-4-6-11)14-17-12-8-7-10(15)9-13(12)18-14;/h2-9H,1H3;1H/q+1;/p-1. The van der Waals surface area contributed by atoms with Gasteiger partial charge in [-0.05, 0) is 18.2 Å². The van der Waals surface area contributed by atoms with Crippen LogP contribution < -0.4 is 32.5 Å². The molecular weight excluding hydrogens is 409 g/mol. The SMILES string of the molecule is C[N+](c1ccccc1)=c1sc2ccc(Cl)cc2s1.[I-]. The van der Waals surface area contributed by atoms with E-state index in [2.05, 4.69) is 42.0 Å². The van der Waals surface area contributed by atoms with Crippen LogP contribution in [0.1, 0.15) is 0 Å².